The SMILES string of the molecule is CC(C)(O)C(=O)c1ccccc1OCCOCC1CO1. The second-order valence-corrected chi connectivity index (χ2v) is 5.26. The Bertz CT molecular complexity index is 460. The van der Waals surface area contributed by atoms with Gasteiger partial charge in [-0.3, -0.25) is 4.79 Å². The van der Waals surface area contributed by atoms with E-state index in [-0.39, 0.29) is 11.9 Å². The van der Waals surface area contributed by atoms with Gasteiger partial charge in [0.25, 0.3) is 0 Å². The summed E-state index contributed by atoms with van der Waals surface area (Å²) >= 11 is 0. The van der Waals surface area contributed by atoms with Crippen LogP contribution in [0.4, 0.5) is 0 Å². The summed E-state index contributed by atoms with van der Waals surface area (Å²) in [4.78, 5) is 12.1. The molecule has 1 unspecified atom stereocenters. The molecule has 0 aliphatic carbocycles. The Hall–Kier alpha value is -1.43. The van der Waals surface area contributed by atoms with Gasteiger partial charge in [-0.2, -0.15) is 0 Å². The lowest BCUT2D eigenvalue weighted by Gasteiger charge is -2.18. The van der Waals surface area contributed by atoms with Crippen LogP contribution < -0.4 is 4.74 Å². The zero-order valence-electron chi connectivity index (χ0n) is 11.8. The summed E-state index contributed by atoms with van der Waals surface area (Å²) in [5.41, 5.74) is -1.04. The first kappa shape index (κ1) is 15.0. The fourth-order valence-corrected chi connectivity index (χ4v) is 1.70. The second-order valence-electron chi connectivity index (χ2n) is 5.26. The number of para-hydroxylation sites is 1. The molecule has 1 aromatic rings. The van der Waals surface area contributed by atoms with Gasteiger partial charge < -0.3 is 19.3 Å². The summed E-state index contributed by atoms with van der Waals surface area (Å²) in [6.07, 6.45) is 0.235. The molecule has 5 heteroatoms. The number of benzene rings is 1. The maximum absolute atomic E-state index is 12.1. The average Bonchev–Trinajstić information content (AvgIpc) is 3.21. The maximum Gasteiger partial charge on any atom is 0.197 e. The van der Waals surface area contributed by atoms with Gasteiger partial charge in [0.05, 0.1) is 25.4 Å². The number of hydrogen-bond donors (Lipinski definition) is 1. The normalized spacial score (nSPS) is 17.9. The summed E-state index contributed by atoms with van der Waals surface area (Å²) in [5.74, 6) is 0.103. The van der Waals surface area contributed by atoms with Gasteiger partial charge in [-0.1, -0.05) is 12.1 Å². The molecule has 1 atom stereocenters. The molecule has 1 aliphatic heterocycles. The monoisotopic (exact) mass is 280 g/mol. The molecule has 0 saturated carbocycles. The van der Waals surface area contributed by atoms with Crippen molar-refractivity contribution in [3.05, 3.63) is 29.8 Å². The average molecular weight is 280 g/mol. The predicted molar refractivity (Wildman–Crippen MR) is 73.1 cm³/mol. The van der Waals surface area contributed by atoms with E-state index < -0.39 is 5.60 Å². The van der Waals surface area contributed by atoms with Crippen LogP contribution in [-0.2, 0) is 9.47 Å². The molecule has 0 bridgehead atoms. The minimum Gasteiger partial charge on any atom is -0.490 e. The summed E-state index contributed by atoms with van der Waals surface area (Å²) in [6, 6.07) is 6.89. The summed E-state index contributed by atoms with van der Waals surface area (Å²) < 4.78 is 15.9. The number of carbonyl (C=O) groups excluding carboxylic acids is 1. The molecular weight excluding hydrogens is 260 g/mol. The number of ether oxygens (including phenoxy) is 3. The minimum atomic E-state index is -1.42. The molecule has 5 nitrogen and oxygen atoms in total. The molecule has 2 rings (SSSR count). The summed E-state index contributed by atoms with van der Waals surface area (Å²) in [6.45, 7) is 5.06. The molecule has 1 fully saturated rings. The second kappa shape index (κ2) is 6.35. The molecule has 1 aromatic carbocycles. The Morgan fingerprint density at radius 3 is 2.75 bits per heavy atom. The number of carbonyl (C=O) groups is 1. The zero-order chi connectivity index (χ0) is 14.6. The van der Waals surface area contributed by atoms with E-state index in [4.69, 9.17) is 14.2 Å². The number of aliphatic hydroxyl groups is 1. The highest BCUT2D eigenvalue weighted by Crippen LogP contribution is 2.23. The molecule has 1 heterocycles. The molecule has 0 spiro atoms. The van der Waals surface area contributed by atoms with E-state index in [2.05, 4.69) is 0 Å². The van der Waals surface area contributed by atoms with Gasteiger partial charge >= 0.3 is 0 Å². The van der Waals surface area contributed by atoms with E-state index in [1.807, 2.05) is 0 Å². The number of hydrogen-bond acceptors (Lipinski definition) is 5. The van der Waals surface area contributed by atoms with E-state index in [9.17, 15) is 9.90 Å². The Morgan fingerprint density at radius 1 is 1.40 bits per heavy atom. The summed E-state index contributed by atoms with van der Waals surface area (Å²) in [5, 5.41) is 9.80. The quantitative estimate of drug-likeness (QED) is 0.443. The Labute approximate surface area is 118 Å². The van der Waals surface area contributed by atoms with Gasteiger partial charge in [0.1, 0.15) is 24.1 Å². The number of ketones is 1. The zero-order valence-corrected chi connectivity index (χ0v) is 11.8. The molecule has 20 heavy (non-hydrogen) atoms. The van der Waals surface area contributed by atoms with Crippen LogP contribution in [0.5, 0.6) is 5.75 Å². The Balaban J connectivity index is 1.88. The molecular formula is C15H20O5. The van der Waals surface area contributed by atoms with Crippen LogP contribution in [0, 0.1) is 0 Å². The van der Waals surface area contributed by atoms with Crippen molar-refractivity contribution in [3.63, 3.8) is 0 Å². The lowest BCUT2D eigenvalue weighted by Crippen LogP contribution is -2.31. The van der Waals surface area contributed by atoms with E-state index in [0.29, 0.717) is 31.1 Å². The van der Waals surface area contributed by atoms with Crippen LogP contribution in [0.3, 0.4) is 0 Å². The van der Waals surface area contributed by atoms with Crippen molar-refractivity contribution in [2.45, 2.75) is 25.6 Å². The highest BCUT2D eigenvalue weighted by atomic mass is 16.6. The number of epoxide rings is 1. The third kappa shape index (κ3) is 4.30. The van der Waals surface area contributed by atoms with Crippen molar-refractivity contribution in [1.29, 1.82) is 0 Å². The van der Waals surface area contributed by atoms with Gasteiger partial charge in [0.2, 0.25) is 0 Å². The van der Waals surface area contributed by atoms with Gasteiger partial charge in [-0.15, -0.1) is 0 Å². The van der Waals surface area contributed by atoms with Crippen LogP contribution in [0.15, 0.2) is 24.3 Å². The fraction of sp³-hybridized carbons (Fsp3) is 0.533. The molecule has 0 amide bonds. The van der Waals surface area contributed by atoms with Gasteiger partial charge in [-0.05, 0) is 26.0 Å². The van der Waals surface area contributed by atoms with Crippen LogP contribution in [0.1, 0.15) is 24.2 Å². The maximum atomic E-state index is 12.1. The molecule has 1 saturated heterocycles. The van der Waals surface area contributed by atoms with Crippen molar-refractivity contribution in [1.82, 2.24) is 0 Å². The highest BCUT2D eigenvalue weighted by Gasteiger charge is 2.27. The van der Waals surface area contributed by atoms with Crippen molar-refractivity contribution in [2.75, 3.05) is 26.4 Å². The molecule has 0 radical (unpaired) electrons. The predicted octanol–water partition coefficient (Wildman–Crippen LogP) is 1.43. The first-order valence-corrected chi connectivity index (χ1v) is 6.67. The Morgan fingerprint density at radius 2 is 2.10 bits per heavy atom. The van der Waals surface area contributed by atoms with E-state index in [1.54, 1.807) is 24.3 Å². The van der Waals surface area contributed by atoms with Crippen LogP contribution in [-0.4, -0.2) is 49.0 Å². The topological polar surface area (TPSA) is 68.3 Å². The van der Waals surface area contributed by atoms with Crippen molar-refractivity contribution < 1.29 is 24.1 Å². The lowest BCUT2D eigenvalue weighted by atomic mass is 9.96. The molecule has 1 aliphatic rings. The van der Waals surface area contributed by atoms with Crippen molar-refractivity contribution >= 4 is 5.78 Å². The molecule has 0 aromatic heterocycles. The first-order valence-electron chi connectivity index (χ1n) is 6.67. The van der Waals surface area contributed by atoms with Gasteiger partial charge in [0, 0.05) is 0 Å². The Kier molecular flexibility index (Phi) is 4.75. The minimum absolute atomic E-state index is 0.235. The molecule has 1 N–H and O–H groups in total. The van der Waals surface area contributed by atoms with E-state index in [1.165, 1.54) is 13.8 Å². The fourth-order valence-electron chi connectivity index (χ4n) is 1.70. The number of rotatable bonds is 8. The van der Waals surface area contributed by atoms with Crippen LogP contribution >= 0.6 is 0 Å². The van der Waals surface area contributed by atoms with Crippen molar-refractivity contribution in [2.24, 2.45) is 0 Å². The standard InChI is InChI=1S/C15H20O5/c1-15(2,17)14(16)12-5-3-4-6-13(12)19-8-7-18-9-11-10-20-11/h3-6,11,17H,7-10H2,1-2H3. The highest BCUT2D eigenvalue weighted by molar-refractivity contribution is 6.03. The largest absolute Gasteiger partial charge is 0.490 e. The first-order chi connectivity index (χ1) is 9.48. The smallest absolute Gasteiger partial charge is 0.197 e. The van der Waals surface area contributed by atoms with Gasteiger partial charge in [-0.25, -0.2) is 0 Å². The van der Waals surface area contributed by atoms with E-state index >= 15 is 0 Å². The van der Waals surface area contributed by atoms with Crippen molar-refractivity contribution in [3.8, 4) is 5.75 Å². The van der Waals surface area contributed by atoms with Gasteiger partial charge in [0.15, 0.2) is 5.78 Å². The van der Waals surface area contributed by atoms with Crippen LogP contribution in [0.25, 0.3) is 0 Å². The third-order valence-electron chi connectivity index (χ3n) is 2.88. The van der Waals surface area contributed by atoms with E-state index in [0.717, 1.165) is 6.61 Å². The summed E-state index contributed by atoms with van der Waals surface area (Å²) in [7, 11) is 0. The van der Waals surface area contributed by atoms with Crippen LogP contribution in [0.2, 0.25) is 0 Å². The molecule has 110 valence electrons. The number of Topliss-reactive ketones (excluding diaryl/α,β-unsaturated/α-hetero) is 1. The third-order valence-corrected chi connectivity index (χ3v) is 2.88. The lowest BCUT2D eigenvalue weighted by molar-refractivity contribution is 0.0480.